The van der Waals surface area contributed by atoms with Gasteiger partial charge in [-0.1, -0.05) is 68.3 Å². The molecule has 0 saturated carbocycles. The molecule has 0 amide bonds. The number of ether oxygens (including phenoxy) is 4. The molecule has 1 aliphatic rings. The van der Waals surface area contributed by atoms with Gasteiger partial charge in [0.15, 0.2) is 11.5 Å². The lowest BCUT2D eigenvalue weighted by atomic mass is 9.83. The second kappa shape index (κ2) is 12.5. The monoisotopic (exact) mass is 548 g/mol. The molecule has 5 rings (SSSR count). The van der Waals surface area contributed by atoms with Gasteiger partial charge in [0.1, 0.15) is 23.1 Å². The van der Waals surface area contributed by atoms with E-state index in [1.54, 1.807) is 24.3 Å². The number of nitrogens with zero attached hydrogens (tertiary/aromatic N) is 1. The zero-order valence-corrected chi connectivity index (χ0v) is 23.2. The molecular weight excluding hydrogens is 516 g/mol. The Morgan fingerprint density at radius 3 is 2.59 bits per heavy atom. The number of nitriles is 1. The van der Waals surface area contributed by atoms with E-state index in [0.717, 1.165) is 41.2 Å². The summed E-state index contributed by atoms with van der Waals surface area (Å²) in [6.45, 7) is 5.13. The minimum absolute atomic E-state index is 0.000354. The summed E-state index contributed by atoms with van der Waals surface area (Å²) in [6, 6.07) is 26.2. The van der Waals surface area contributed by atoms with Crippen LogP contribution in [-0.4, -0.2) is 19.2 Å². The van der Waals surface area contributed by atoms with Gasteiger partial charge in [-0.15, -0.1) is 0 Å². The fourth-order valence-corrected chi connectivity index (χ4v) is 5.03. The van der Waals surface area contributed by atoms with Crippen LogP contribution in [0.25, 0.3) is 10.8 Å². The average Bonchev–Trinajstić information content (AvgIpc) is 2.99. The Hall–Kier alpha value is -4.96. The van der Waals surface area contributed by atoms with Crippen LogP contribution in [0, 0.1) is 11.3 Å². The molecule has 0 spiro atoms. The third-order valence-corrected chi connectivity index (χ3v) is 7.02. The van der Waals surface area contributed by atoms with Crippen LogP contribution in [0.4, 0.5) is 0 Å². The normalized spacial score (nSPS) is 14.1. The van der Waals surface area contributed by atoms with Gasteiger partial charge in [-0.2, -0.15) is 5.26 Å². The molecule has 1 aliphatic heterocycles. The molecule has 0 fully saturated rings. The predicted molar refractivity (Wildman–Crippen MR) is 157 cm³/mol. The second-order valence-electron chi connectivity index (χ2n) is 9.74. The van der Waals surface area contributed by atoms with Crippen LogP contribution in [0.2, 0.25) is 0 Å². The largest absolute Gasteiger partial charge is 0.490 e. The van der Waals surface area contributed by atoms with Crippen molar-refractivity contribution in [3.05, 3.63) is 107 Å². The van der Waals surface area contributed by atoms with Crippen molar-refractivity contribution in [2.45, 2.75) is 39.0 Å². The Kier molecular flexibility index (Phi) is 8.40. The molecule has 0 saturated heterocycles. The van der Waals surface area contributed by atoms with E-state index in [0.29, 0.717) is 41.8 Å². The van der Waals surface area contributed by atoms with Crippen LogP contribution in [0.1, 0.15) is 60.5 Å². The predicted octanol–water partition coefficient (Wildman–Crippen LogP) is 7.24. The van der Waals surface area contributed by atoms with Crippen molar-refractivity contribution < 1.29 is 23.7 Å². The minimum Gasteiger partial charge on any atom is -0.490 e. The summed E-state index contributed by atoms with van der Waals surface area (Å²) in [6.07, 6.45) is 3.16. The summed E-state index contributed by atoms with van der Waals surface area (Å²) in [7, 11) is 0. The van der Waals surface area contributed by atoms with Gasteiger partial charge in [0, 0.05) is 11.6 Å². The number of allylic oxidation sites excluding steroid dienone is 1. The summed E-state index contributed by atoms with van der Waals surface area (Å²) < 4.78 is 23.5. The Morgan fingerprint density at radius 1 is 0.951 bits per heavy atom. The maximum Gasteiger partial charge on any atom is 0.344 e. The van der Waals surface area contributed by atoms with E-state index in [-0.39, 0.29) is 11.5 Å². The fraction of sp³-hybridized carbons (Fsp3) is 0.235. The van der Waals surface area contributed by atoms with E-state index in [2.05, 4.69) is 13.0 Å². The SMILES string of the molecule is CCCCCOc1ccc(C2C(C#N)=C(N)Oc3cc(OC(=O)c4cccc5ccccc45)ccc32)cc1OCC. The number of unbranched alkanes of at least 4 members (excludes halogenated alkanes) is 2. The quantitative estimate of drug-likeness (QED) is 0.126. The second-order valence-corrected chi connectivity index (χ2v) is 9.74. The number of hydrogen-bond acceptors (Lipinski definition) is 7. The number of nitrogens with two attached hydrogens (primary N) is 1. The number of esters is 1. The van der Waals surface area contributed by atoms with Gasteiger partial charge in [-0.25, -0.2) is 4.79 Å². The van der Waals surface area contributed by atoms with E-state index in [1.165, 1.54) is 0 Å². The Balaban J connectivity index is 1.45. The lowest BCUT2D eigenvalue weighted by Gasteiger charge is -2.27. The highest BCUT2D eigenvalue weighted by Gasteiger charge is 2.32. The first kappa shape index (κ1) is 27.6. The van der Waals surface area contributed by atoms with E-state index < -0.39 is 11.9 Å². The molecule has 0 radical (unpaired) electrons. The van der Waals surface area contributed by atoms with Crippen molar-refractivity contribution in [2.24, 2.45) is 5.73 Å². The Morgan fingerprint density at radius 2 is 1.78 bits per heavy atom. The minimum atomic E-state index is -0.500. The van der Waals surface area contributed by atoms with Gasteiger partial charge in [-0.3, -0.25) is 0 Å². The lowest BCUT2D eigenvalue weighted by molar-refractivity contribution is 0.0736. The average molecular weight is 549 g/mol. The lowest BCUT2D eigenvalue weighted by Crippen LogP contribution is -2.21. The summed E-state index contributed by atoms with van der Waals surface area (Å²) in [5, 5.41) is 11.8. The van der Waals surface area contributed by atoms with Gasteiger partial charge >= 0.3 is 5.97 Å². The first-order chi connectivity index (χ1) is 20.0. The van der Waals surface area contributed by atoms with E-state index in [1.807, 2.05) is 61.5 Å². The highest BCUT2D eigenvalue weighted by Crippen LogP contribution is 2.45. The third-order valence-electron chi connectivity index (χ3n) is 7.02. The van der Waals surface area contributed by atoms with Crippen molar-refractivity contribution in [1.82, 2.24) is 0 Å². The Bertz CT molecular complexity index is 1650. The fourth-order valence-electron chi connectivity index (χ4n) is 5.03. The zero-order chi connectivity index (χ0) is 28.8. The van der Waals surface area contributed by atoms with Crippen molar-refractivity contribution in [3.8, 4) is 29.1 Å². The summed E-state index contributed by atoms with van der Waals surface area (Å²) in [5.41, 5.74) is 8.51. The van der Waals surface area contributed by atoms with Crippen LogP contribution < -0.4 is 24.7 Å². The molecule has 1 unspecified atom stereocenters. The molecule has 1 heterocycles. The highest BCUT2D eigenvalue weighted by atomic mass is 16.5. The van der Waals surface area contributed by atoms with Crippen molar-refractivity contribution >= 4 is 16.7 Å². The van der Waals surface area contributed by atoms with Crippen LogP contribution in [0.5, 0.6) is 23.0 Å². The molecule has 41 heavy (non-hydrogen) atoms. The molecule has 1 atom stereocenters. The maximum atomic E-state index is 13.1. The standard InChI is InChI=1S/C34H32N2O5/c1-3-5-8-18-39-29-17-14-23(19-31(29)38-4-2)32-27-16-15-24(20-30(27)41-33(36)28(32)21-35)40-34(37)26-13-9-11-22-10-6-7-12-25(22)26/h6-7,9-17,19-20,32H,3-5,8,18,36H2,1-2H3. The molecule has 7 heteroatoms. The molecule has 4 aromatic rings. The van der Waals surface area contributed by atoms with Gasteiger partial charge in [-0.05, 0) is 53.9 Å². The number of fused-ring (bicyclic) bond motifs is 2. The molecule has 4 aromatic carbocycles. The van der Waals surface area contributed by atoms with E-state index in [4.69, 9.17) is 24.7 Å². The van der Waals surface area contributed by atoms with Crippen molar-refractivity contribution in [2.75, 3.05) is 13.2 Å². The summed E-state index contributed by atoms with van der Waals surface area (Å²) in [5.74, 6) is 0.995. The Labute approximate surface area is 239 Å². The first-order valence-electron chi connectivity index (χ1n) is 13.8. The zero-order valence-electron chi connectivity index (χ0n) is 23.2. The van der Waals surface area contributed by atoms with Crippen LogP contribution in [-0.2, 0) is 0 Å². The molecule has 208 valence electrons. The van der Waals surface area contributed by atoms with Crippen molar-refractivity contribution in [1.29, 1.82) is 5.26 Å². The van der Waals surface area contributed by atoms with Gasteiger partial charge in [0.05, 0.1) is 24.7 Å². The maximum absolute atomic E-state index is 13.1. The molecule has 2 N–H and O–H groups in total. The summed E-state index contributed by atoms with van der Waals surface area (Å²) in [4.78, 5) is 13.1. The molecule has 0 aliphatic carbocycles. The smallest absolute Gasteiger partial charge is 0.344 e. The van der Waals surface area contributed by atoms with E-state index >= 15 is 0 Å². The number of carbonyl (C=O) groups excluding carboxylic acids is 1. The number of rotatable bonds is 10. The topological polar surface area (TPSA) is 104 Å². The van der Waals surface area contributed by atoms with Gasteiger partial charge < -0.3 is 24.7 Å². The highest BCUT2D eigenvalue weighted by molar-refractivity contribution is 6.05. The molecular formula is C34H32N2O5. The number of benzene rings is 4. The van der Waals surface area contributed by atoms with Gasteiger partial charge in [0.25, 0.3) is 0 Å². The van der Waals surface area contributed by atoms with Crippen LogP contribution >= 0.6 is 0 Å². The summed E-state index contributed by atoms with van der Waals surface area (Å²) >= 11 is 0. The van der Waals surface area contributed by atoms with Gasteiger partial charge in [0.2, 0.25) is 5.88 Å². The first-order valence-corrected chi connectivity index (χ1v) is 13.8. The van der Waals surface area contributed by atoms with Crippen molar-refractivity contribution in [3.63, 3.8) is 0 Å². The molecule has 0 bridgehead atoms. The van der Waals surface area contributed by atoms with Crippen LogP contribution in [0.15, 0.2) is 90.3 Å². The number of hydrogen-bond donors (Lipinski definition) is 1. The molecule has 7 nitrogen and oxygen atoms in total. The molecule has 0 aromatic heterocycles. The number of carbonyl (C=O) groups is 1. The third kappa shape index (κ3) is 5.82. The van der Waals surface area contributed by atoms with E-state index in [9.17, 15) is 10.1 Å². The van der Waals surface area contributed by atoms with Crippen LogP contribution in [0.3, 0.4) is 0 Å².